The molecule has 1 atom stereocenters. The average molecular weight is 430 g/mol. The molecule has 2 aromatic carbocycles. The monoisotopic (exact) mass is 429 g/mol. The molecular weight excluding hydrogens is 402 g/mol. The van der Waals surface area contributed by atoms with Gasteiger partial charge >= 0.3 is 0 Å². The second-order valence-electron chi connectivity index (χ2n) is 7.84. The van der Waals surface area contributed by atoms with E-state index in [1.807, 2.05) is 45.9 Å². The Morgan fingerprint density at radius 1 is 1.10 bits per heavy atom. The first-order valence-electron chi connectivity index (χ1n) is 9.79. The average Bonchev–Trinajstić information content (AvgIpc) is 3.19. The van der Waals surface area contributed by atoms with E-state index in [0.29, 0.717) is 23.6 Å². The molecule has 0 aliphatic rings. The summed E-state index contributed by atoms with van der Waals surface area (Å²) in [4.78, 5) is 0.179. The van der Waals surface area contributed by atoms with E-state index in [1.165, 1.54) is 16.4 Å². The summed E-state index contributed by atoms with van der Waals surface area (Å²) in [5.74, 6) is 0.536. The fourth-order valence-electron chi connectivity index (χ4n) is 3.29. The lowest BCUT2D eigenvalue weighted by molar-refractivity contribution is 0.176. The number of sulfonamides is 1. The minimum absolute atomic E-state index is 0.150. The Labute approximate surface area is 177 Å². The van der Waals surface area contributed by atoms with Crippen LogP contribution in [0.25, 0.3) is 0 Å². The zero-order valence-electron chi connectivity index (χ0n) is 17.6. The van der Waals surface area contributed by atoms with E-state index in [-0.39, 0.29) is 17.2 Å². The number of hydrogen-bond donors (Lipinski definition) is 2. The minimum atomic E-state index is -3.76. The van der Waals surface area contributed by atoms with Crippen molar-refractivity contribution in [3.8, 4) is 0 Å². The van der Waals surface area contributed by atoms with Crippen LogP contribution in [0.2, 0.25) is 0 Å². The Bertz CT molecular complexity index is 1080. The molecule has 0 spiro atoms. The van der Waals surface area contributed by atoms with Crippen LogP contribution in [0, 0.1) is 19.8 Å². The maximum absolute atomic E-state index is 13.5. The normalized spacial score (nSPS) is 12.9. The van der Waals surface area contributed by atoms with E-state index in [9.17, 15) is 13.5 Å². The molecule has 0 saturated carbocycles. The van der Waals surface area contributed by atoms with Crippen molar-refractivity contribution in [2.45, 2.75) is 45.1 Å². The molecule has 1 heterocycles. The SMILES string of the molecule is Cc1ccc(N(CC(C)C)S(=O)(=O)c2ccc(C(O)Cc3nn[nH]n3)cc2)c(C)c1. The van der Waals surface area contributed by atoms with Gasteiger partial charge in [-0.25, -0.2) is 8.42 Å². The van der Waals surface area contributed by atoms with Crippen LogP contribution >= 0.6 is 0 Å². The van der Waals surface area contributed by atoms with Gasteiger partial charge in [0.1, 0.15) is 0 Å². The lowest BCUT2D eigenvalue weighted by atomic mass is 10.1. The number of benzene rings is 2. The van der Waals surface area contributed by atoms with E-state index in [4.69, 9.17) is 0 Å². The number of rotatable bonds is 8. The number of hydrogen-bond acceptors (Lipinski definition) is 6. The zero-order valence-corrected chi connectivity index (χ0v) is 18.4. The van der Waals surface area contributed by atoms with Crippen molar-refractivity contribution >= 4 is 15.7 Å². The van der Waals surface area contributed by atoms with Crippen LogP contribution < -0.4 is 4.31 Å². The Morgan fingerprint density at radius 2 is 1.80 bits per heavy atom. The van der Waals surface area contributed by atoms with Crippen molar-refractivity contribution in [1.29, 1.82) is 0 Å². The second-order valence-corrected chi connectivity index (χ2v) is 9.70. The Hall–Kier alpha value is -2.78. The summed E-state index contributed by atoms with van der Waals surface area (Å²) in [6, 6.07) is 12.0. The topological polar surface area (TPSA) is 112 Å². The molecule has 0 bridgehead atoms. The molecule has 1 unspecified atom stereocenters. The number of aryl methyl sites for hydroxylation is 2. The largest absolute Gasteiger partial charge is 0.388 e. The Kier molecular flexibility index (Phi) is 6.52. The number of anilines is 1. The highest BCUT2D eigenvalue weighted by molar-refractivity contribution is 7.92. The summed E-state index contributed by atoms with van der Waals surface area (Å²) in [6.07, 6.45) is -0.671. The molecule has 0 aliphatic carbocycles. The van der Waals surface area contributed by atoms with Crippen molar-refractivity contribution in [3.63, 3.8) is 0 Å². The van der Waals surface area contributed by atoms with E-state index in [0.717, 1.165) is 11.1 Å². The van der Waals surface area contributed by atoms with Crippen molar-refractivity contribution in [1.82, 2.24) is 20.6 Å². The minimum Gasteiger partial charge on any atom is -0.388 e. The van der Waals surface area contributed by atoms with E-state index >= 15 is 0 Å². The third kappa shape index (κ3) is 4.85. The molecule has 0 amide bonds. The smallest absolute Gasteiger partial charge is 0.264 e. The molecule has 0 saturated heterocycles. The zero-order chi connectivity index (χ0) is 21.9. The third-order valence-corrected chi connectivity index (χ3v) is 6.56. The summed E-state index contributed by atoms with van der Waals surface area (Å²) in [5.41, 5.74) is 3.25. The van der Waals surface area contributed by atoms with E-state index in [2.05, 4.69) is 20.6 Å². The first-order chi connectivity index (χ1) is 14.2. The van der Waals surface area contributed by atoms with Gasteiger partial charge in [-0.15, -0.1) is 10.2 Å². The van der Waals surface area contributed by atoms with Crippen LogP contribution in [0.4, 0.5) is 5.69 Å². The number of aromatic amines is 1. The molecule has 160 valence electrons. The molecule has 1 aromatic heterocycles. The third-order valence-electron chi connectivity index (χ3n) is 4.77. The van der Waals surface area contributed by atoms with Gasteiger partial charge in [-0.3, -0.25) is 4.31 Å². The van der Waals surface area contributed by atoms with Gasteiger partial charge in [-0.05, 0) is 49.1 Å². The van der Waals surface area contributed by atoms with Crippen LogP contribution in [0.5, 0.6) is 0 Å². The number of nitrogens with one attached hydrogen (secondary N) is 1. The van der Waals surface area contributed by atoms with Crippen LogP contribution in [0.3, 0.4) is 0 Å². The number of aliphatic hydroxyl groups excluding tert-OH is 1. The van der Waals surface area contributed by atoms with Gasteiger partial charge in [0.05, 0.1) is 16.7 Å². The first-order valence-corrected chi connectivity index (χ1v) is 11.2. The summed E-state index contributed by atoms with van der Waals surface area (Å²) in [5, 5.41) is 23.8. The van der Waals surface area contributed by atoms with Crippen molar-refractivity contribution < 1.29 is 13.5 Å². The molecule has 30 heavy (non-hydrogen) atoms. The summed E-state index contributed by atoms with van der Waals surface area (Å²) >= 11 is 0. The fourth-order valence-corrected chi connectivity index (χ4v) is 4.98. The van der Waals surface area contributed by atoms with E-state index < -0.39 is 16.1 Å². The Morgan fingerprint density at radius 3 is 2.37 bits per heavy atom. The van der Waals surface area contributed by atoms with Crippen molar-refractivity contribution in [3.05, 3.63) is 65.0 Å². The standard InChI is InChI=1S/C21H27N5O3S/c1-14(2)13-26(19-10-5-15(3)11-16(19)4)30(28,29)18-8-6-17(7-9-18)20(27)12-21-22-24-25-23-21/h5-11,14,20,27H,12-13H2,1-4H3,(H,22,23,24,25). The molecule has 0 radical (unpaired) electrons. The van der Waals surface area contributed by atoms with Crippen LogP contribution in [-0.4, -0.2) is 40.7 Å². The van der Waals surface area contributed by atoms with Gasteiger partial charge in [0.2, 0.25) is 0 Å². The molecule has 0 fully saturated rings. The van der Waals surface area contributed by atoms with Gasteiger partial charge in [0.15, 0.2) is 5.82 Å². The lowest BCUT2D eigenvalue weighted by Gasteiger charge is -2.28. The van der Waals surface area contributed by atoms with E-state index in [1.54, 1.807) is 12.1 Å². The Balaban J connectivity index is 1.90. The molecule has 9 heteroatoms. The van der Waals surface area contributed by atoms with Gasteiger partial charge in [-0.2, -0.15) is 5.21 Å². The fraction of sp³-hybridized carbons (Fsp3) is 0.381. The highest BCUT2D eigenvalue weighted by atomic mass is 32.2. The summed E-state index contributed by atoms with van der Waals surface area (Å²) < 4.78 is 28.4. The number of aromatic nitrogens is 4. The molecule has 2 N–H and O–H groups in total. The van der Waals surface area contributed by atoms with Crippen LogP contribution in [0.15, 0.2) is 47.4 Å². The van der Waals surface area contributed by atoms with Crippen molar-refractivity contribution in [2.75, 3.05) is 10.8 Å². The maximum atomic E-state index is 13.5. The molecule has 0 aliphatic heterocycles. The van der Waals surface area contributed by atoms with Gasteiger partial charge in [0, 0.05) is 13.0 Å². The maximum Gasteiger partial charge on any atom is 0.264 e. The molecule has 3 rings (SSSR count). The second kappa shape index (κ2) is 8.93. The van der Waals surface area contributed by atoms with Crippen molar-refractivity contribution in [2.24, 2.45) is 5.92 Å². The quantitative estimate of drug-likeness (QED) is 0.569. The molecular formula is C21H27N5O3S. The molecule has 8 nitrogen and oxygen atoms in total. The number of tetrazole rings is 1. The predicted octanol–water partition coefficient (Wildman–Crippen LogP) is 2.94. The molecule has 3 aromatic rings. The first kappa shape index (κ1) is 21.9. The van der Waals surface area contributed by atoms with Gasteiger partial charge < -0.3 is 5.11 Å². The summed E-state index contributed by atoms with van der Waals surface area (Å²) in [6.45, 7) is 8.25. The van der Waals surface area contributed by atoms with Gasteiger partial charge in [-0.1, -0.05) is 48.9 Å². The highest BCUT2D eigenvalue weighted by Crippen LogP contribution is 2.29. The number of nitrogens with zero attached hydrogens (tertiary/aromatic N) is 4. The number of H-pyrrole nitrogens is 1. The summed E-state index contributed by atoms with van der Waals surface area (Å²) in [7, 11) is -3.76. The number of aliphatic hydroxyl groups is 1. The van der Waals surface area contributed by atoms with Crippen LogP contribution in [-0.2, 0) is 16.4 Å². The predicted molar refractivity (Wildman–Crippen MR) is 115 cm³/mol. The highest BCUT2D eigenvalue weighted by Gasteiger charge is 2.27. The lowest BCUT2D eigenvalue weighted by Crippen LogP contribution is -2.34. The van der Waals surface area contributed by atoms with Gasteiger partial charge in [0.25, 0.3) is 10.0 Å². The van der Waals surface area contributed by atoms with Crippen LogP contribution in [0.1, 0.15) is 42.5 Å².